The van der Waals surface area contributed by atoms with E-state index < -0.39 is 18.4 Å². The predicted molar refractivity (Wildman–Crippen MR) is 83.5 cm³/mol. The van der Waals surface area contributed by atoms with Crippen LogP contribution in [0.15, 0.2) is 0 Å². The van der Waals surface area contributed by atoms with Gasteiger partial charge in [0.15, 0.2) is 0 Å². The normalized spacial score (nSPS) is 12.4. The van der Waals surface area contributed by atoms with E-state index in [1.165, 1.54) is 43.1 Å². The second-order valence-electron chi connectivity index (χ2n) is 6.05. The molecule has 0 bridgehead atoms. The number of nitrogens with zero attached hydrogens (tertiary/aromatic N) is 1. The minimum atomic E-state index is -1.81. The van der Waals surface area contributed by atoms with Crippen LogP contribution in [0, 0.1) is 0 Å². The summed E-state index contributed by atoms with van der Waals surface area (Å²) < 4.78 is 6.42. The first-order chi connectivity index (χ1) is 8.10. The van der Waals surface area contributed by atoms with E-state index in [1.807, 2.05) is 0 Å². The molecule has 0 fully saturated rings. The third-order valence-corrected chi connectivity index (χ3v) is 19.7. The summed E-state index contributed by atoms with van der Waals surface area (Å²) in [4.78, 5) is 2.50. The standard InChI is InChI=1S/3C4H9.C3H8N.Sn/c3*1-3-4-2;1-4(2)3;/h3*1,3-4H2,2H3;1H2,2-3H3;. The Morgan fingerprint density at radius 3 is 1.29 bits per heavy atom. The van der Waals surface area contributed by atoms with Crippen LogP contribution in [0.2, 0.25) is 13.3 Å². The summed E-state index contributed by atoms with van der Waals surface area (Å²) in [5.74, 6) is 0. The summed E-state index contributed by atoms with van der Waals surface area (Å²) in [6.07, 6.45) is 8.67. The molecule has 2 heteroatoms. The van der Waals surface area contributed by atoms with Gasteiger partial charge in [-0.3, -0.25) is 0 Å². The molecule has 0 saturated carbocycles. The first kappa shape index (κ1) is 17.8. The Labute approximate surface area is 114 Å². The van der Waals surface area contributed by atoms with Gasteiger partial charge in [0.2, 0.25) is 0 Å². The number of hydrogen-bond donors (Lipinski definition) is 0. The quantitative estimate of drug-likeness (QED) is 0.478. The molecule has 0 aromatic rings. The van der Waals surface area contributed by atoms with E-state index in [-0.39, 0.29) is 0 Å². The molecule has 0 spiro atoms. The molecule has 0 aliphatic carbocycles. The van der Waals surface area contributed by atoms with Gasteiger partial charge in [0.25, 0.3) is 0 Å². The second-order valence-corrected chi connectivity index (χ2v) is 19.8. The van der Waals surface area contributed by atoms with Crippen LogP contribution in [0.4, 0.5) is 0 Å². The molecule has 0 heterocycles. The zero-order valence-electron chi connectivity index (χ0n) is 13.0. The van der Waals surface area contributed by atoms with Crippen LogP contribution in [0.5, 0.6) is 0 Å². The van der Waals surface area contributed by atoms with E-state index in [9.17, 15) is 0 Å². The molecule has 0 amide bonds. The van der Waals surface area contributed by atoms with Crippen molar-refractivity contribution < 1.29 is 0 Å². The summed E-state index contributed by atoms with van der Waals surface area (Å²) in [6.45, 7) is 7.06. The Hall–Kier alpha value is 0.759. The fourth-order valence-electron chi connectivity index (χ4n) is 2.94. The van der Waals surface area contributed by atoms with Crippen molar-refractivity contribution in [2.75, 3.05) is 18.7 Å². The van der Waals surface area contributed by atoms with Crippen molar-refractivity contribution in [3.05, 3.63) is 0 Å². The van der Waals surface area contributed by atoms with Gasteiger partial charge in [-0.1, -0.05) is 0 Å². The summed E-state index contributed by atoms with van der Waals surface area (Å²) in [7, 11) is 4.57. The van der Waals surface area contributed by atoms with Gasteiger partial charge in [0.05, 0.1) is 0 Å². The summed E-state index contributed by atoms with van der Waals surface area (Å²) >= 11 is -1.81. The van der Waals surface area contributed by atoms with Crippen molar-refractivity contribution in [2.24, 2.45) is 0 Å². The first-order valence-corrected chi connectivity index (χ1v) is 15.8. The zero-order valence-corrected chi connectivity index (χ0v) is 15.9. The molecule has 0 unspecified atom stereocenters. The van der Waals surface area contributed by atoms with Gasteiger partial charge >= 0.3 is 115 Å². The molecule has 104 valence electrons. The molecule has 0 aliphatic heterocycles. The van der Waals surface area contributed by atoms with Gasteiger partial charge in [0, 0.05) is 0 Å². The van der Waals surface area contributed by atoms with E-state index in [0.717, 1.165) is 0 Å². The van der Waals surface area contributed by atoms with Crippen molar-refractivity contribution in [1.82, 2.24) is 4.90 Å². The second kappa shape index (κ2) is 10.7. The average molecular weight is 348 g/mol. The topological polar surface area (TPSA) is 3.24 Å². The van der Waals surface area contributed by atoms with Gasteiger partial charge in [0.1, 0.15) is 0 Å². The van der Waals surface area contributed by atoms with Crippen LogP contribution in [0.1, 0.15) is 59.3 Å². The average Bonchev–Trinajstić information content (AvgIpc) is 2.30. The van der Waals surface area contributed by atoms with Crippen LogP contribution < -0.4 is 0 Å². The van der Waals surface area contributed by atoms with Crippen LogP contribution >= 0.6 is 0 Å². The van der Waals surface area contributed by atoms with E-state index in [2.05, 4.69) is 39.8 Å². The molecule has 0 aromatic heterocycles. The molecule has 0 saturated heterocycles. The summed E-state index contributed by atoms with van der Waals surface area (Å²) in [6, 6.07) is 0. The van der Waals surface area contributed by atoms with Crippen molar-refractivity contribution in [3.8, 4) is 0 Å². The molecule has 0 radical (unpaired) electrons. The minimum absolute atomic E-state index is 1.39. The molecule has 1 nitrogen and oxygen atoms in total. The van der Waals surface area contributed by atoms with E-state index in [4.69, 9.17) is 0 Å². The van der Waals surface area contributed by atoms with Crippen molar-refractivity contribution in [3.63, 3.8) is 0 Å². The van der Waals surface area contributed by atoms with Gasteiger partial charge in [-0.2, -0.15) is 0 Å². The van der Waals surface area contributed by atoms with E-state index in [0.29, 0.717) is 0 Å². The van der Waals surface area contributed by atoms with Gasteiger partial charge in [-0.05, 0) is 0 Å². The number of unbranched alkanes of at least 4 members (excludes halogenated alkanes) is 3. The van der Waals surface area contributed by atoms with Gasteiger partial charge in [-0.15, -0.1) is 0 Å². The van der Waals surface area contributed by atoms with E-state index >= 15 is 0 Å². The number of hydrogen-bond acceptors (Lipinski definition) is 1. The Morgan fingerprint density at radius 1 is 0.706 bits per heavy atom. The summed E-state index contributed by atoms with van der Waals surface area (Å²) in [5.41, 5.74) is 0. The SMILES string of the molecule is CCC[CH2][Sn]([CH2]CCC)([CH2]CCC)[CH2]N(C)C. The van der Waals surface area contributed by atoms with Crippen LogP contribution in [-0.4, -0.2) is 41.9 Å². The van der Waals surface area contributed by atoms with Crippen LogP contribution in [-0.2, 0) is 0 Å². The molecular formula is C15H35NSn. The fourth-order valence-corrected chi connectivity index (χ4v) is 19.7. The fraction of sp³-hybridized carbons (Fsp3) is 1.00. The molecule has 0 N–H and O–H groups in total. The molecule has 0 aromatic carbocycles. The van der Waals surface area contributed by atoms with Gasteiger partial charge in [-0.25, -0.2) is 0 Å². The predicted octanol–water partition coefficient (Wildman–Crippen LogP) is 4.94. The van der Waals surface area contributed by atoms with Crippen molar-refractivity contribution in [2.45, 2.75) is 72.6 Å². The Bertz CT molecular complexity index is 147. The van der Waals surface area contributed by atoms with Gasteiger partial charge < -0.3 is 0 Å². The van der Waals surface area contributed by atoms with Crippen molar-refractivity contribution >= 4 is 18.4 Å². The molecule has 0 aliphatic rings. The Kier molecular flexibility index (Phi) is 11.1. The maximum absolute atomic E-state index is 2.50. The van der Waals surface area contributed by atoms with Crippen molar-refractivity contribution in [1.29, 1.82) is 0 Å². The third kappa shape index (κ3) is 8.47. The molecule has 17 heavy (non-hydrogen) atoms. The van der Waals surface area contributed by atoms with E-state index in [1.54, 1.807) is 13.3 Å². The maximum atomic E-state index is 2.50. The Morgan fingerprint density at radius 2 is 1.06 bits per heavy atom. The van der Waals surface area contributed by atoms with Crippen LogP contribution in [0.25, 0.3) is 0 Å². The third-order valence-electron chi connectivity index (χ3n) is 3.83. The molecule has 0 rings (SSSR count). The Balaban J connectivity index is 4.51. The van der Waals surface area contributed by atoms with Crippen LogP contribution in [0.3, 0.4) is 0 Å². The first-order valence-electron chi connectivity index (χ1n) is 7.75. The zero-order chi connectivity index (χ0) is 13.1. The monoisotopic (exact) mass is 349 g/mol. The molecular weight excluding hydrogens is 313 g/mol. The number of rotatable bonds is 11. The molecule has 0 atom stereocenters. The summed E-state index contributed by atoms with van der Waals surface area (Å²) in [5, 5.41) is 0.